The highest BCUT2D eigenvalue weighted by Gasteiger charge is 2.36. The summed E-state index contributed by atoms with van der Waals surface area (Å²) in [5.41, 5.74) is 0.656. The Morgan fingerprint density at radius 3 is 2.32 bits per heavy atom. The van der Waals surface area contributed by atoms with Gasteiger partial charge in [0.25, 0.3) is 11.8 Å². The van der Waals surface area contributed by atoms with Gasteiger partial charge in [0.05, 0.1) is 11.1 Å². The highest BCUT2D eigenvalue weighted by Crippen LogP contribution is 2.23. The van der Waals surface area contributed by atoms with E-state index in [0.29, 0.717) is 22.1 Å². The maximum atomic E-state index is 11.9. The molecule has 0 bridgehead atoms. The smallest absolute Gasteiger partial charge is 0.285 e. The van der Waals surface area contributed by atoms with Crippen LogP contribution in [0.4, 0.5) is 0 Å². The zero-order valence-corrected chi connectivity index (χ0v) is 9.99. The first-order valence-electron chi connectivity index (χ1n) is 5.56. The predicted molar refractivity (Wildman–Crippen MR) is 60.8 cm³/mol. The molecular formula is C12H9N3O4. The number of benzene rings is 1. The van der Waals surface area contributed by atoms with Crippen molar-refractivity contribution >= 4 is 11.8 Å². The van der Waals surface area contributed by atoms with Crippen molar-refractivity contribution in [3.05, 3.63) is 47.2 Å². The number of aryl methyl sites for hydroxylation is 1. The zero-order valence-electron chi connectivity index (χ0n) is 9.99. The minimum absolute atomic E-state index is 0.133. The largest absolute Gasteiger partial charge is 0.423 e. The molecule has 0 atom stereocenters. The summed E-state index contributed by atoms with van der Waals surface area (Å²) in [6.07, 6.45) is 0. The number of hydrogen-bond acceptors (Lipinski definition) is 6. The van der Waals surface area contributed by atoms with Crippen LogP contribution in [-0.4, -0.2) is 27.1 Å². The average molecular weight is 259 g/mol. The molecule has 0 saturated carbocycles. The van der Waals surface area contributed by atoms with Crippen molar-refractivity contribution < 1.29 is 18.8 Å². The molecule has 1 aliphatic heterocycles. The second-order valence-corrected chi connectivity index (χ2v) is 3.94. The van der Waals surface area contributed by atoms with E-state index in [9.17, 15) is 9.59 Å². The Morgan fingerprint density at radius 1 is 1.16 bits per heavy atom. The summed E-state index contributed by atoms with van der Waals surface area (Å²) in [6.45, 7) is 1.50. The quantitative estimate of drug-likeness (QED) is 0.767. The number of aromatic nitrogens is 2. The lowest BCUT2D eigenvalue weighted by Gasteiger charge is -2.11. The number of hydrogen-bond donors (Lipinski definition) is 0. The van der Waals surface area contributed by atoms with Gasteiger partial charge in [-0.15, -0.1) is 15.3 Å². The summed E-state index contributed by atoms with van der Waals surface area (Å²) >= 11 is 0. The number of carbonyl (C=O) groups excluding carboxylic acids is 2. The fourth-order valence-corrected chi connectivity index (χ4v) is 1.80. The van der Waals surface area contributed by atoms with E-state index in [4.69, 9.17) is 9.25 Å². The summed E-state index contributed by atoms with van der Waals surface area (Å²) in [6, 6.07) is 6.54. The molecule has 0 spiro atoms. The molecule has 3 rings (SSSR count). The lowest BCUT2D eigenvalue weighted by atomic mass is 10.1. The van der Waals surface area contributed by atoms with Gasteiger partial charge in [-0.05, 0) is 12.1 Å². The molecule has 2 heterocycles. The van der Waals surface area contributed by atoms with E-state index in [1.54, 1.807) is 31.2 Å². The van der Waals surface area contributed by atoms with Crippen LogP contribution in [0, 0.1) is 6.92 Å². The van der Waals surface area contributed by atoms with Crippen molar-refractivity contribution in [1.29, 1.82) is 0 Å². The molecule has 96 valence electrons. The van der Waals surface area contributed by atoms with Gasteiger partial charge in [0, 0.05) is 6.92 Å². The van der Waals surface area contributed by atoms with E-state index in [1.165, 1.54) is 0 Å². The third kappa shape index (κ3) is 1.89. The van der Waals surface area contributed by atoms with Gasteiger partial charge < -0.3 is 4.42 Å². The van der Waals surface area contributed by atoms with Crippen LogP contribution in [-0.2, 0) is 11.4 Å². The summed E-state index contributed by atoms with van der Waals surface area (Å²) < 4.78 is 5.09. The van der Waals surface area contributed by atoms with E-state index in [1.807, 2.05) is 0 Å². The minimum Gasteiger partial charge on any atom is -0.423 e. The molecule has 0 fully saturated rings. The van der Waals surface area contributed by atoms with Crippen LogP contribution in [0.5, 0.6) is 0 Å². The standard InChI is InChI=1S/C12H9N3O4/c1-7-13-14-10(19-7)6-18-15-11(16)8-4-2-3-5-9(8)12(15)17/h2-5H,6H2,1H3. The van der Waals surface area contributed by atoms with Gasteiger partial charge in [0.1, 0.15) is 0 Å². The number of hydroxylamine groups is 2. The van der Waals surface area contributed by atoms with Crippen LogP contribution in [0.25, 0.3) is 0 Å². The Morgan fingerprint density at radius 2 is 1.79 bits per heavy atom. The molecule has 0 saturated heterocycles. The molecule has 0 unspecified atom stereocenters. The molecule has 0 radical (unpaired) electrons. The molecule has 1 aliphatic rings. The van der Waals surface area contributed by atoms with Crippen molar-refractivity contribution in [3.63, 3.8) is 0 Å². The van der Waals surface area contributed by atoms with E-state index in [0.717, 1.165) is 0 Å². The van der Waals surface area contributed by atoms with Crippen LogP contribution in [0.1, 0.15) is 32.5 Å². The number of amides is 2. The summed E-state index contributed by atoms with van der Waals surface area (Å²) in [5, 5.41) is 8.05. The summed E-state index contributed by atoms with van der Waals surface area (Å²) in [7, 11) is 0. The highest BCUT2D eigenvalue weighted by atomic mass is 16.7. The molecule has 1 aromatic heterocycles. The fraction of sp³-hybridized carbons (Fsp3) is 0.167. The van der Waals surface area contributed by atoms with Crippen LogP contribution >= 0.6 is 0 Å². The van der Waals surface area contributed by atoms with E-state index in [2.05, 4.69) is 10.2 Å². The Kier molecular flexibility index (Phi) is 2.60. The number of carbonyl (C=O) groups is 2. The Balaban J connectivity index is 1.77. The van der Waals surface area contributed by atoms with Gasteiger partial charge in [-0.2, -0.15) is 0 Å². The van der Waals surface area contributed by atoms with Crippen LogP contribution in [0.2, 0.25) is 0 Å². The van der Waals surface area contributed by atoms with Crippen molar-refractivity contribution in [2.24, 2.45) is 0 Å². The molecule has 1 aromatic carbocycles. The maximum absolute atomic E-state index is 11.9. The van der Waals surface area contributed by atoms with Gasteiger partial charge in [-0.1, -0.05) is 12.1 Å². The molecule has 7 heteroatoms. The minimum atomic E-state index is -0.489. The van der Waals surface area contributed by atoms with Gasteiger partial charge >= 0.3 is 0 Å². The molecule has 0 aliphatic carbocycles. The number of fused-ring (bicyclic) bond motifs is 1. The lowest BCUT2D eigenvalue weighted by molar-refractivity contribution is -0.106. The summed E-state index contributed by atoms with van der Waals surface area (Å²) in [5.74, 6) is -0.385. The molecule has 2 aromatic rings. The first-order chi connectivity index (χ1) is 9.16. The predicted octanol–water partition coefficient (Wildman–Crippen LogP) is 1.11. The topological polar surface area (TPSA) is 85.5 Å². The van der Waals surface area contributed by atoms with Gasteiger partial charge in [0.2, 0.25) is 11.8 Å². The first-order valence-corrected chi connectivity index (χ1v) is 5.56. The first kappa shape index (κ1) is 11.5. The molecule has 0 N–H and O–H groups in total. The maximum Gasteiger partial charge on any atom is 0.285 e. The van der Waals surface area contributed by atoms with Crippen molar-refractivity contribution in [3.8, 4) is 0 Å². The highest BCUT2D eigenvalue weighted by molar-refractivity contribution is 6.20. The van der Waals surface area contributed by atoms with Crippen LogP contribution < -0.4 is 0 Å². The SMILES string of the molecule is Cc1nnc(CON2C(=O)c3ccccc3C2=O)o1. The number of rotatable bonds is 3. The lowest BCUT2D eigenvalue weighted by Crippen LogP contribution is -2.29. The average Bonchev–Trinajstić information content (AvgIpc) is 2.93. The van der Waals surface area contributed by atoms with Gasteiger partial charge in [-0.25, -0.2) is 0 Å². The van der Waals surface area contributed by atoms with Crippen LogP contribution in [0.15, 0.2) is 28.7 Å². The van der Waals surface area contributed by atoms with Crippen molar-refractivity contribution in [2.75, 3.05) is 0 Å². The van der Waals surface area contributed by atoms with Gasteiger partial charge in [0.15, 0.2) is 6.61 Å². The Labute approximate surface area is 107 Å². The zero-order chi connectivity index (χ0) is 13.4. The van der Waals surface area contributed by atoms with Crippen molar-refractivity contribution in [2.45, 2.75) is 13.5 Å². The third-order valence-electron chi connectivity index (χ3n) is 2.64. The fourth-order valence-electron chi connectivity index (χ4n) is 1.80. The second kappa shape index (κ2) is 4.29. The van der Waals surface area contributed by atoms with E-state index in [-0.39, 0.29) is 12.5 Å². The molecule has 7 nitrogen and oxygen atoms in total. The van der Waals surface area contributed by atoms with Crippen molar-refractivity contribution in [1.82, 2.24) is 15.3 Å². The number of imide groups is 1. The Hall–Kier alpha value is -2.54. The Bertz CT molecular complexity index is 629. The van der Waals surface area contributed by atoms with Gasteiger partial charge in [-0.3, -0.25) is 14.4 Å². The number of nitrogens with zero attached hydrogens (tertiary/aromatic N) is 3. The van der Waals surface area contributed by atoms with E-state index >= 15 is 0 Å². The normalized spacial score (nSPS) is 14.1. The van der Waals surface area contributed by atoms with Crippen LogP contribution in [0.3, 0.4) is 0 Å². The third-order valence-corrected chi connectivity index (χ3v) is 2.64. The van der Waals surface area contributed by atoms with E-state index < -0.39 is 11.8 Å². The molecule has 19 heavy (non-hydrogen) atoms. The molecule has 2 amide bonds. The molecular weight excluding hydrogens is 250 g/mol. The summed E-state index contributed by atoms with van der Waals surface area (Å²) in [4.78, 5) is 29.0. The monoisotopic (exact) mass is 259 g/mol. The second-order valence-electron chi connectivity index (χ2n) is 3.94.